The van der Waals surface area contributed by atoms with Gasteiger partial charge in [-0.2, -0.15) is 4.39 Å². The molecule has 3 N–H and O–H groups in total. The van der Waals surface area contributed by atoms with Crippen molar-refractivity contribution in [1.82, 2.24) is 0 Å². The summed E-state index contributed by atoms with van der Waals surface area (Å²) in [6, 6.07) is 1.51. The molecule has 0 aliphatic heterocycles. The number of phenolic OH excluding ortho intramolecular Hbond substituents is 1. The minimum absolute atomic E-state index is 0.0372. The van der Waals surface area contributed by atoms with E-state index in [0.29, 0.717) is 12.0 Å². The SMILES string of the molecule is CCc1cc(N)c(O)c(F)c1OC. The first kappa shape index (κ1) is 9.64. The van der Waals surface area contributed by atoms with E-state index in [9.17, 15) is 4.39 Å². The number of halogens is 1. The highest BCUT2D eigenvalue weighted by Crippen LogP contribution is 2.34. The van der Waals surface area contributed by atoms with E-state index in [2.05, 4.69) is 0 Å². The van der Waals surface area contributed by atoms with Gasteiger partial charge in [-0.15, -0.1) is 0 Å². The van der Waals surface area contributed by atoms with Crippen LogP contribution in [-0.4, -0.2) is 12.2 Å². The van der Waals surface area contributed by atoms with Gasteiger partial charge in [-0.1, -0.05) is 6.92 Å². The van der Waals surface area contributed by atoms with Crippen LogP contribution >= 0.6 is 0 Å². The van der Waals surface area contributed by atoms with Crippen LogP contribution in [0, 0.1) is 5.82 Å². The molecule has 0 atom stereocenters. The van der Waals surface area contributed by atoms with E-state index in [1.165, 1.54) is 13.2 Å². The first-order valence-electron chi connectivity index (χ1n) is 3.95. The molecule has 0 heterocycles. The van der Waals surface area contributed by atoms with Gasteiger partial charge in [-0.05, 0) is 18.1 Å². The lowest BCUT2D eigenvalue weighted by Crippen LogP contribution is -1.98. The second kappa shape index (κ2) is 3.51. The lowest BCUT2D eigenvalue weighted by Gasteiger charge is -2.10. The molecule has 72 valence electrons. The highest BCUT2D eigenvalue weighted by molar-refractivity contribution is 5.59. The molecule has 13 heavy (non-hydrogen) atoms. The largest absolute Gasteiger partial charge is 0.503 e. The lowest BCUT2D eigenvalue weighted by molar-refractivity contribution is 0.361. The molecule has 1 aromatic rings. The molecule has 0 radical (unpaired) electrons. The number of aryl methyl sites for hydroxylation is 1. The molecule has 0 saturated carbocycles. The monoisotopic (exact) mass is 185 g/mol. The van der Waals surface area contributed by atoms with Crippen LogP contribution in [0.15, 0.2) is 6.07 Å². The summed E-state index contributed by atoms with van der Waals surface area (Å²) in [5, 5.41) is 9.16. The predicted molar refractivity (Wildman–Crippen MR) is 48.4 cm³/mol. The Morgan fingerprint density at radius 2 is 2.23 bits per heavy atom. The van der Waals surface area contributed by atoms with E-state index < -0.39 is 11.6 Å². The zero-order valence-electron chi connectivity index (χ0n) is 7.60. The molecule has 1 aromatic carbocycles. The van der Waals surface area contributed by atoms with Crippen LogP contribution in [0.5, 0.6) is 11.5 Å². The Balaban J connectivity index is 3.39. The van der Waals surface area contributed by atoms with Gasteiger partial charge in [0.25, 0.3) is 0 Å². The van der Waals surface area contributed by atoms with Crippen molar-refractivity contribution in [3.8, 4) is 11.5 Å². The van der Waals surface area contributed by atoms with Gasteiger partial charge in [0.2, 0.25) is 5.82 Å². The highest BCUT2D eigenvalue weighted by Gasteiger charge is 2.15. The molecule has 0 aromatic heterocycles. The standard InChI is InChI=1S/C9H12FNO2/c1-3-5-4-6(11)8(12)7(10)9(5)13-2/h4,12H,3,11H2,1-2H3. The van der Waals surface area contributed by atoms with Gasteiger partial charge in [-0.25, -0.2) is 0 Å². The Labute approximate surface area is 75.9 Å². The summed E-state index contributed by atoms with van der Waals surface area (Å²) < 4.78 is 18.1. The second-order valence-electron chi connectivity index (χ2n) is 2.67. The number of hydrogen-bond donors (Lipinski definition) is 2. The van der Waals surface area contributed by atoms with Gasteiger partial charge in [0.1, 0.15) is 0 Å². The first-order chi connectivity index (χ1) is 6.11. The number of nitrogens with two attached hydrogens (primary N) is 1. The molecule has 0 spiro atoms. The number of aromatic hydroxyl groups is 1. The Kier molecular flexibility index (Phi) is 2.60. The van der Waals surface area contributed by atoms with Gasteiger partial charge >= 0.3 is 0 Å². The average Bonchev–Trinajstić information content (AvgIpc) is 2.13. The van der Waals surface area contributed by atoms with Crippen molar-refractivity contribution in [2.24, 2.45) is 0 Å². The summed E-state index contributed by atoms with van der Waals surface area (Å²) in [5.74, 6) is -1.28. The van der Waals surface area contributed by atoms with Crippen molar-refractivity contribution in [1.29, 1.82) is 0 Å². The lowest BCUT2D eigenvalue weighted by atomic mass is 10.1. The first-order valence-corrected chi connectivity index (χ1v) is 3.95. The van der Waals surface area contributed by atoms with Crippen molar-refractivity contribution in [3.63, 3.8) is 0 Å². The van der Waals surface area contributed by atoms with E-state index >= 15 is 0 Å². The van der Waals surface area contributed by atoms with E-state index in [4.69, 9.17) is 15.6 Å². The topological polar surface area (TPSA) is 55.5 Å². The fourth-order valence-electron chi connectivity index (χ4n) is 1.18. The Bertz CT molecular complexity index is 326. The van der Waals surface area contributed by atoms with Crippen LogP contribution < -0.4 is 10.5 Å². The number of nitrogen functional groups attached to an aromatic ring is 1. The van der Waals surface area contributed by atoms with Crippen LogP contribution in [0.2, 0.25) is 0 Å². The average molecular weight is 185 g/mol. The van der Waals surface area contributed by atoms with Gasteiger partial charge in [0.15, 0.2) is 11.5 Å². The molecule has 0 bridgehead atoms. The number of phenols is 1. The third-order valence-corrected chi connectivity index (χ3v) is 1.89. The number of benzene rings is 1. The van der Waals surface area contributed by atoms with Crippen LogP contribution in [0.4, 0.5) is 10.1 Å². The van der Waals surface area contributed by atoms with Crippen LogP contribution in [-0.2, 0) is 6.42 Å². The van der Waals surface area contributed by atoms with E-state index in [1.807, 2.05) is 6.92 Å². The molecule has 0 aliphatic rings. The normalized spacial score (nSPS) is 10.1. The molecule has 4 heteroatoms. The molecule has 0 aliphatic carbocycles. The summed E-state index contributed by atoms with van der Waals surface area (Å²) in [6.07, 6.45) is 0.602. The fourth-order valence-corrected chi connectivity index (χ4v) is 1.18. The number of rotatable bonds is 2. The summed E-state index contributed by atoms with van der Waals surface area (Å²) in [6.45, 7) is 1.85. The molecule has 0 amide bonds. The molecule has 0 unspecified atom stereocenters. The Morgan fingerprint density at radius 1 is 1.62 bits per heavy atom. The van der Waals surface area contributed by atoms with E-state index in [0.717, 1.165) is 0 Å². The van der Waals surface area contributed by atoms with Crippen molar-refractivity contribution in [2.75, 3.05) is 12.8 Å². The van der Waals surface area contributed by atoms with Crippen molar-refractivity contribution in [2.45, 2.75) is 13.3 Å². The highest BCUT2D eigenvalue weighted by atomic mass is 19.1. The minimum atomic E-state index is -0.792. The number of hydrogen-bond acceptors (Lipinski definition) is 3. The maximum absolute atomic E-state index is 13.3. The van der Waals surface area contributed by atoms with Crippen molar-refractivity contribution in [3.05, 3.63) is 17.4 Å². The van der Waals surface area contributed by atoms with Crippen LogP contribution in [0.3, 0.4) is 0 Å². The summed E-state index contributed by atoms with van der Waals surface area (Å²) in [5.41, 5.74) is 6.06. The second-order valence-corrected chi connectivity index (χ2v) is 2.67. The van der Waals surface area contributed by atoms with Crippen molar-refractivity contribution < 1.29 is 14.2 Å². The number of methoxy groups -OCH3 is 1. The molecular weight excluding hydrogens is 173 g/mol. The Hall–Kier alpha value is -1.45. The third-order valence-electron chi connectivity index (χ3n) is 1.89. The zero-order valence-corrected chi connectivity index (χ0v) is 7.60. The predicted octanol–water partition coefficient (Wildman–Crippen LogP) is 1.68. The number of ether oxygens (including phenoxy) is 1. The molecular formula is C9H12FNO2. The van der Waals surface area contributed by atoms with E-state index in [-0.39, 0.29) is 11.4 Å². The molecule has 0 fully saturated rings. The quantitative estimate of drug-likeness (QED) is 0.544. The third kappa shape index (κ3) is 1.52. The molecule has 0 saturated heterocycles. The van der Waals surface area contributed by atoms with Gasteiger partial charge in [0, 0.05) is 0 Å². The maximum atomic E-state index is 13.3. The summed E-state index contributed by atoms with van der Waals surface area (Å²) in [4.78, 5) is 0. The van der Waals surface area contributed by atoms with Gasteiger partial charge < -0.3 is 15.6 Å². The van der Waals surface area contributed by atoms with Crippen LogP contribution in [0.25, 0.3) is 0 Å². The minimum Gasteiger partial charge on any atom is -0.503 e. The summed E-state index contributed by atoms with van der Waals surface area (Å²) >= 11 is 0. The number of anilines is 1. The van der Waals surface area contributed by atoms with Gasteiger partial charge in [0.05, 0.1) is 12.8 Å². The molecule has 1 rings (SSSR count). The van der Waals surface area contributed by atoms with Crippen LogP contribution in [0.1, 0.15) is 12.5 Å². The maximum Gasteiger partial charge on any atom is 0.209 e. The fraction of sp³-hybridized carbons (Fsp3) is 0.333. The van der Waals surface area contributed by atoms with Crippen molar-refractivity contribution >= 4 is 5.69 Å². The Morgan fingerprint density at radius 3 is 2.69 bits per heavy atom. The molecule has 3 nitrogen and oxygen atoms in total. The smallest absolute Gasteiger partial charge is 0.209 e. The van der Waals surface area contributed by atoms with E-state index in [1.54, 1.807) is 0 Å². The zero-order chi connectivity index (χ0) is 10.0. The summed E-state index contributed by atoms with van der Waals surface area (Å²) in [7, 11) is 1.35. The van der Waals surface area contributed by atoms with Gasteiger partial charge in [-0.3, -0.25) is 0 Å².